The van der Waals surface area contributed by atoms with Gasteiger partial charge in [-0.3, -0.25) is 24.7 Å². The largest absolute Gasteiger partial charge is 0.433 e. The highest BCUT2D eigenvalue weighted by molar-refractivity contribution is 7.90. The molecular weight excluding hydrogens is 807 g/mol. The lowest BCUT2D eigenvalue weighted by molar-refractivity contribution is -0.0692. The standard InChI is InChI=1S/C21H17F4N3O3.C19H17F2N3O3S/c1-13(29)14-2-4-16(5-3-14)28(12-15-11-26-8-9-27-15)17-6-7-18(30-20(22)23)19(10-17)31-21(24)25;1-28(25,26)16-8-6-15(7-9-16)24(13-14-12-22-10-11-23-14)17-4-2-3-5-18(17)27-19(20)21/h2-11,20-21H,12H2,1H3;2-12,19H,13H2,1H3. The number of ketones is 1. The van der Waals surface area contributed by atoms with E-state index in [1.807, 2.05) is 0 Å². The van der Waals surface area contributed by atoms with E-state index in [0.29, 0.717) is 39.7 Å². The van der Waals surface area contributed by atoms with Gasteiger partial charge in [0.25, 0.3) is 0 Å². The highest BCUT2D eigenvalue weighted by Crippen LogP contribution is 2.38. The lowest BCUT2D eigenvalue weighted by Gasteiger charge is -2.26. The van der Waals surface area contributed by atoms with Gasteiger partial charge in [0.2, 0.25) is 0 Å². The normalized spacial score (nSPS) is 11.2. The topological polar surface area (TPSA) is 137 Å². The maximum atomic E-state index is 12.8. The van der Waals surface area contributed by atoms with E-state index in [4.69, 9.17) is 0 Å². The molecule has 0 radical (unpaired) electrons. The number of rotatable bonds is 16. The summed E-state index contributed by atoms with van der Waals surface area (Å²) in [6.45, 7) is -7.60. The lowest BCUT2D eigenvalue weighted by Crippen LogP contribution is -2.19. The number of halogens is 6. The third-order valence-electron chi connectivity index (χ3n) is 8.08. The molecular formula is C40H34F6N6O6S. The van der Waals surface area contributed by atoms with Crippen LogP contribution < -0.4 is 24.0 Å². The molecule has 12 nitrogen and oxygen atoms in total. The van der Waals surface area contributed by atoms with Crippen molar-refractivity contribution in [2.45, 2.75) is 44.7 Å². The second-order valence-electron chi connectivity index (χ2n) is 12.2. The average Bonchev–Trinajstić information content (AvgIpc) is 3.20. The fraction of sp³-hybridized carbons (Fsp3) is 0.175. The van der Waals surface area contributed by atoms with Crippen LogP contribution in [0.5, 0.6) is 17.2 Å². The van der Waals surface area contributed by atoms with Gasteiger partial charge in [-0.05, 0) is 79.7 Å². The predicted molar refractivity (Wildman–Crippen MR) is 205 cm³/mol. The fourth-order valence-corrected chi connectivity index (χ4v) is 6.10. The SMILES string of the molecule is CC(=O)c1ccc(N(Cc2cnccn2)c2ccc(OC(F)F)c(OC(F)F)c2)cc1.CS(=O)(=O)c1ccc(N(Cc2cnccn2)c2ccccc2OC(F)F)cc1. The third kappa shape index (κ3) is 12.6. The van der Waals surface area contributed by atoms with Gasteiger partial charge in [-0.2, -0.15) is 26.3 Å². The van der Waals surface area contributed by atoms with Gasteiger partial charge >= 0.3 is 19.8 Å². The second kappa shape index (κ2) is 20.1. The first-order valence-corrected chi connectivity index (χ1v) is 19.1. The monoisotopic (exact) mass is 840 g/mol. The van der Waals surface area contributed by atoms with E-state index >= 15 is 0 Å². The third-order valence-corrected chi connectivity index (χ3v) is 9.21. The Morgan fingerprint density at radius 2 is 1.10 bits per heavy atom. The summed E-state index contributed by atoms with van der Waals surface area (Å²) in [5.74, 6) is -1.19. The minimum Gasteiger partial charge on any atom is -0.433 e. The van der Waals surface area contributed by atoms with Crippen molar-refractivity contribution in [1.82, 2.24) is 19.9 Å². The van der Waals surface area contributed by atoms with Crippen LogP contribution in [0.25, 0.3) is 0 Å². The van der Waals surface area contributed by atoms with Crippen LogP contribution in [0.1, 0.15) is 28.7 Å². The number of alkyl halides is 6. The Hall–Kier alpha value is -6.76. The average molecular weight is 841 g/mol. The first kappa shape index (κ1) is 43.4. The van der Waals surface area contributed by atoms with Gasteiger partial charge in [-0.15, -0.1) is 0 Å². The number of hydrogen-bond acceptors (Lipinski definition) is 12. The van der Waals surface area contributed by atoms with Crippen LogP contribution in [0.3, 0.4) is 0 Å². The summed E-state index contributed by atoms with van der Waals surface area (Å²) in [6.07, 6.45) is 10.3. The molecule has 0 bridgehead atoms. The van der Waals surface area contributed by atoms with E-state index in [9.17, 15) is 39.6 Å². The molecule has 0 aliphatic rings. The fourth-order valence-electron chi connectivity index (χ4n) is 5.47. The Kier molecular flexibility index (Phi) is 14.8. The first-order chi connectivity index (χ1) is 28.2. The van der Waals surface area contributed by atoms with Crippen molar-refractivity contribution >= 4 is 38.4 Å². The molecule has 2 aromatic heterocycles. The number of sulfone groups is 1. The smallest absolute Gasteiger partial charge is 0.387 e. The molecule has 4 aromatic carbocycles. The van der Waals surface area contributed by atoms with Crippen molar-refractivity contribution in [3.63, 3.8) is 0 Å². The summed E-state index contributed by atoms with van der Waals surface area (Å²) in [7, 11) is -3.36. The van der Waals surface area contributed by atoms with Gasteiger partial charge in [0, 0.05) is 59.7 Å². The van der Waals surface area contributed by atoms with Gasteiger partial charge in [-0.25, -0.2) is 8.42 Å². The molecule has 0 N–H and O–H groups in total. The number of hydrogen-bond donors (Lipinski definition) is 0. The predicted octanol–water partition coefficient (Wildman–Crippen LogP) is 9.04. The molecule has 0 aliphatic carbocycles. The molecule has 308 valence electrons. The van der Waals surface area contributed by atoms with Gasteiger partial charge in [0.05, 0.1) is 47.5 Å². The molecule has 0 unspecified atom stereocenters. The van der Waals surface area contributed by atoms with E-state index in [0.717, 1.165) is 12.3 Å². The molecule has 59 heavy (non-hydrogen) atoms. The van der Waals surface area contributed by atoms with Crippen molar-refractivity contribution in [3.8, 4) is 17.2 Å². The molecule has 0 fully saturated rings. The molecule has 0 amide bonds. The summed E-state index contributed by atoms with van der Waals surface area (Å²) in [5.41, 5.74) is 3.57. The van der Waals surface area contributed by atoms with Crippen molar-refractivity contribution in [2.75, 3.05) is 16.1 Å². The van der Waals surface area contributed by atoms with Crippen LogP contribution in [0.2, 0.25) is 0 Å². The number of carbonyl (C=O) groups is 1. The van der Waals surface area contributed by atoms with Crippen LogP contribution in [-0.4, -0.2) is 60.2 Å². The minimum atomic E-state index is -3.36. The summed E-state index contributed by atoms with van der Waals surface area (Å²) >= 11 is 0. The van der Waals surface area contributed by atoms with Crippen LogP contribution >= 0.6 is 0 Å². The molecule has 6 aromatic rings. The summed E-state index contributed by atoms with van der Waals surface area (Å²) in [5, 5.41) is 0. The number of para-hydroxylation sites is 2. The molecule has 19 heteroatoms. The second-order valence-corrected chi connectivity index (χ2v) is 14.2. The number of benzene rings is 4. The maximum absolute atomic E-state index is 12.8. The van der Waals surface area contributed by atoms with Crippen molar-refractivity contribution in [2.24, 2.45) is 0 Å². The Morgan fingerprint density at radius 3 is 1.63 bits per heavy atom. The highest BCUT2D eigenvalue weighted by atomic mass is 32.2. The summed E-state index contributed by atoms with van der Waals surface area (Å²) in [4.78, 5) is 31.6. The van der Waals surface area contributed by atoms with Crippen molar-refractivity contribution < 1.29 is 53.8 Å². The number of aromatic nitrogens is 4. The zero-order chi connectivity index (χ0) is 42.5. The van der Waals surface area contributed by atoms with E-state index in [-0.39, 0.29) is 29.5 Å². The molecule has 0 spiro atoms. The van der Waals surface area contributed by atoms with E-state index < -0.39 is 41.2 Å². The van der Waals surface area contributed by atoms with E-state index in [2.05, 4.69) is 34.1 Å². The minimum absolute atomic E-state index is 0.00594. The Labute approximate surface area is 334 Å². The zero-order valence-electron chi connectivity index (χ0n) is 31.1. The number of carbonyl (C=O) groups excluding carboxylic acids is 1. The Morgan fingerprint density at radius 1 is 0.610 bits per heavy atom. The van der Waals surface area contributed by atoms with Gasteiger partial charge in [0.15, 0.2) is 27.1 Å². The first-order valence-electron chi connectivity index (χ1n) is 17.2. The zero-order valence-corrected chi connectivity index (χ0v) is 31.9. The number of ether oxygens (including phenoxy) is 3. The highest BCUT2D eigenvalue weighted by Gasteiger charge is 2.21. The van der Waals surface area contributed by atoms with Gasteiger partial charge in [-0.1, -0.05) is 12.1 Å². The van der Waals surface area contributed by atoms with Crippen LogP contribution in [-0.2, 0) is 22.9 Å². The lowest BCUT2D eigenvalue weighted by atomic mass is 10.1. The number of nitrogens with zero attached hydrogens (tertiary/aromatic N) is 6. The quantitative estimate of drug-likeness (QED) is 0.0679. The molecule has 2 heterocycles. The maximum Gasteiger partial charge on any atom is 0.387 e. The van der Waals surface area contributed by atoms with Crippen molar-refractivity contribution in [3.05, 3.63) is 145 Å². The van der Waals surface area contributed by atoms with Gasteiger partial charge < -0.3 is 24.0 Å². The number of Topliss-reactive ketones (excluding diaryl/α,β-unsaturated/α-hetero) is 1. The molecule has 6 rings (SSSR count). The summed E-state index contributed by atoms with van der Waals surface area (Å²) < 4.78 is 113. The molecule has 0 atom stereocenters. The Bertz CT molecular complexity index is 2390. The molecule has 0 saturated heterocycles. The summed E-state index contributed by atoms with van der Waals surface area (Å²) in [6, 6.07) is 22.8. The molecule has 0 aliphatic heterocycles. The van der Waals surface area contributed by atoms with Gasteiger partial charge in [0.1, 0.15) is 5.75 Å². The van der Waals surface area contributed by atoms with E-state index in [1.165, 1.54) is 68.2 Å². The number of anilines is 4. The van der Waals surface area contributed by atoms with Crippen LogP contribution in [0, 0.1) is 0 Å². The molecule has 0 saturated carbocycles. The van der Waals surface area contributed by atoms with E-state index in [1.54, 1.807) is 70.6 Å². The van der Waals surface area contributed by atoms with Crippen LogP contribution in [0.15, 0.2) is 133 Å². The van der Waals surface area contributed by atoms with Crippen molar-refractivity contribution in [1.29, 1.82) is 0 Å². The Balaban J connectivity index is 0.000000225. The van der Waals surface area contributed by atoms with Crippen LogP contribution in [0.4, 0.5) is 49.1 Å².